The molecule has 1 rings (SSSR count). The van der Waals surface area contributed by atoms with Crippen LogP contribution in [0.4, 0.5) is 0 Å². The molecule has 3 nitrogen and oxygen atoms in total. The van der Waals surface area contributed by atoms with Crippen LogP contribution in [0.1, 0.15) is 19.8 Å². The Kier molecular flexibility index (Phi) is 4.73. The molecule has 1 unspecified atom stereocenters. The molecular weight excluding hydrogens is 234 g/mol. The molecule has 0 aromatic heterocycles. The number of carbonyl (C=O) groups excluding carboxylic acids is 1. The highest BCUT2D eigenvalue weighted by Crippen LogP contribution is 2.12. The van der Waals surface area contributed by atoms with Crippen LogP contribution >= 0.6 is 15.9 Å². The van der Waals surface area contributed by atoms with Crippen LogP contribution in [0.25, 0.3) is 0 Å². The van der Waals surface area contributed by atoms with Crippen molar-refractivity contribution in [2.24, 2.45) is 0 Å². The van der Waals surface area contributed by atoms with Gasteiger partial charge in [-0.3, -0.25) is 4.79 Å². The fourth-order valence-corrected chi connectivity index (χ4v) is 2.04. The molecule has 0 amide bonds. The van der Waals surface area contributed by atoms with Gasteiger partial charge < -0.3 is 9.64 Å². The lowest BCUT2D eigenvalue weighted by Crippen LogP contribution is -2.32. The third kappa shape index (κ3) is 3.65. The minimum atomic E-state index is -0.162. The van der Waals surface area contributed by atoms with E-state index in [1.54, 1.807) is 0 Å². The maximum absolute atomic E-state index is 11.2. The Balaban J connectivity index is 2.22. The SMILES string of the molecule is CCOC(=O)C(Br)CN1CCCC1. The number of esters is 1. The van der Waals surface area contributed by atoms with Crippen LogP contribution < -0.4 is 0 Å². The van der Waals surface area contributed by atoms with Gasteiger partial charge in [-0.15, -0.1) is 0 Å². The Morgan fingerprint density at radius 1 is 1.54 bits per heavy atom. The lowest BCUT2D eigenvalue weighted by molar-refractivity contribution is -0.142. The van der Waals surface area contributed by atoms with Crippen molar-refractivity contribution in [3.8, 4) is 0 Å². The van der Waals surface area contributed by atoms with Crippen LogP contribution in [0.5, 0.6) is 0 Å². The fraction of sp³-hybridized carbons (Fsp3) is 0.889. The topological polar surface area (TPSA) is 29.5 Å². The van der Waals surface area contributed by atoms with E-state index in [1.807, 2.05) is 6.92 Å². The molecule has 0 saturated carbocycles. The summed E-state index contributed by atoms with van der Waals surface area (Å²) >= 11 is 3.34. The van der Waals surface area contributed by atoms with Gasteiger partial charge in [-0.1, -0.05) is 15.9 Å². The summed E-state index contributed by atoms with van der Waals surface area (Å²) in [6.07, 6.45) is 2.51. The summed E-state index contributed by atoms with van der Waals surface area (Å²) in [4.78, 5) is 13.4. The maximum atomic E-state index is 11.2. The average Bonchev–Trinajstić information content (AvgIpc) is 2.57. The molecule has 0 aliphatic carbocycles. The largest absolute Gasteiger partial charge is 0.465 e. The van der Waals surface area contributed by atoms with Gasteiger partial charge in [0.25, 0.3) is 0 Å². The Morgan fingerprint density at radius 2 is 2.15 bits per heavy atom. The van der Waals surface area contributed by atoms with Crippen LogP contribution in [0, 0.1) is 0 Å². The molecule has 1 aliphatic heterocycles. The summed E-state index contributed by atoms with van der Waals surface area (Å²) in [7, 11) is 0. The first kappa shape index (κ1) is 11.0. The summed E-state index contributed by atoms with van der Waals surface area (Å²) in [5, 5.41) is 0. The molecule has 1 saturated heterocycles. The monoisotopic (exact) mass is 249 g/mol. The third-order valence-corrected chi connectivity index (χ3v) is 2.82. The second kappa shape index (κ2) is 5.60. The molecule has 1 atom stereocenters. The Morgan fingerprint density at radius 3 is 2.69 bits per heavy atom. The Labute approximate surface area is 87.6 Å². The quantitative estimate of drug-likeness (QED) is 0.558. The van der Waals surface area contributed by atoms with Gasteiger partial charge in [0, 0.05) is 6.54 Å². The highest BCUT2D eigenvalue weighted by atomic mass is 79.9. The van der Waals surface area contributed by atoms with E-state index in [1.165, 1.54) is 12.8 Å². The smallest absolute Gasteiger partial charge is 0.321 e. The zero-order chi connectivity index (χ0) is 9.68. The summed E-state index contributed by atoms with van der Waals surface area (Å²) in [6, 6.07) is 0. The first-order valence-corrected chi connectivity index (χ1v) is 5.68. The Hall–Kier alpha value is -0.0900. The lowest BCUT2D eigenvalue weighted by Gasteiger charge is -2.17. The van der Waals surface area contributed by atoms with Crippen LogP contribution in [-0.2, 0) is 9.53 Å². The van der Waals surface area contributed by atoms with E-state index in [4.69, 9.17) is 4.74 Å². The number of likely N-dealkylation sites (tertiary alicyclic amines) is 1. The fourth-order valence-electron chi connectivity index (χ4n) is 1.50. The predicted octanol–water partition coefficient (Wildman–Crippen LogP) is 1.41. The second-order valence-electron chi connectivity index (χ2n) is 3.23. The van der Waals surface area contributed by atoms with Crippen LogP contribution in [0.15, 0.2) is 0 Å². The summed E-state index contributed by atoms with van der Waals surface area (Å²) in [6.45, 7) is 5.29. The number of carbonyl (C=O) groups is 1. The number of hydrogen-bond donors (Lipinski definition) is 0. The molecule has 0 aromatic carbocycles. The van der Waals surface area contributed by atoms with Gasteiger partial charge in [0.2, 0.25) is 0 Å². The van der Waals surface area contributed by atoms with Crippen molar-refractivity contribution in [2.75, 3.05) is 26.2 Å². The molecule has 0 aromatic rings. The summed E-state index contributed by atoms with van der Waals surface area (Å²) in [5.41, 5.74) is 0. The van der Waals surface area contributed by atoms with Gasteiger partial charge in [-0.05, 0) is 32.9 Å². The molecule has 76 valence electrons. The molecule has 1 heterocycles. The van der Waals surface area contributed by atoms with E-state index in [-0.39, 0.29) is 10.8 Å². The van der Waals surface area contributed by atoms with Crippen molar-refractivity contribution in [1.29, 1.82) is 0 Å². The van der Waals surface area contributed by atoms with Crippen molar-refractivity contribution in [2.45, 2.75) is 24.6 Å². The summed E-state index contributed by atoms with van der Waals surface area (Å²) in [5.74, 6) is -0.144. The molecule has 1 fully saturated rings. The molecule has 0 radical (unpaired) electrons. The van der Waals surface area contributed by atoms with E-state index >= 15 is 0 Å². The second-order valence-corrected chi connectivity index (χ2v) is 4.33. The number of rotatable bonds is 4. The average molecular weight is 250 g/mol. The number of alkyl halides is 1. The first-order chi connectivity index (χ1) is 6.24. The lowest BCUT2D eigenvalue weighted by atomic mass is 10.4. The molecule has 1 aliphatic rings. The van der Waals surface area contributed by atoms with Crippen molar-refractivity contribution in [1.82, 2.24) is 4.90 Å². The van der Waals surface area contributed by atoms with Gasteiger partial charge in [-0.2, -0.15) is 0 Å². The maximum Gasteiger partial charge on any atom is 0.321 e. The molecular formula is C9H16BrNO2. The first-order valence-electron chi connectivity index (χ1n) is 4.77. The number of halogens is 1. The van der Waals surface area contributed by atoms with Gasteiger partial charge in [0.15, 0.2) is 0 Å². The van der Waals surface area contributed by atoms with Crippen LogP contribution in [0.3, 0.4) is 0 Å². The molecule has 0 spiro atoms. The molecule has 13 heavy (non-hydrogen) atoms. The zero-order valence-corrected chi connectivity index (χ0v) is 9.55. The standard InChI is InChI=1S/C9H16BrNO2/c1-2-13-9(12)8(10)7-11-5-3-4-6-11/h8H,2-7H2,1H3. The van der Waals surface area contributed by atoms with Crippen molar-refractivity contribution >= 4 is 21.9 Å². The van der Waals surface area contributed by atoms with E-state index in [9.17, 15) is 4.79 Å². The van der Waals surface area contributed by atoms with Gasteiger partial charge in [-0.25, -0.2) is 0 Å². The minimum Gasteiger partial charge on any atom is -0.465 e. The van der Waals surface area contributed by atoms with E-state index < -0.39 is 0 Å². The van der Waals surface area contributed by atoms with Crippen molar-refractivity contribution in [3.63, 3.8) is 0 Å². The highest BCUT2D eigenvalue weighted by Gasteiger charge is 2.21. The zero-order valence-electron chi connectivity index (χ0n) is 7.96. The molecule has 0 bridgehead atoms. The number of ether oxygens (including phenoxy) is 1. The highest BCUT2D eigenvalue weighted by molar-refractivity contribution is 9.10. The predicted molar refractivity (Wildman–Crippen MR) is 55.0 cm³/mol. The van der Waals surface area contributed by atoms with E-state index in [0.29, 0.717) is 6.61 Å². The van der Waals surface area contributed by atoms with Crippen molar-refractivity contribution < 1.29 is 9.53 Å². The minimum absolute atomic E-state index is 0.144. The van der Waals surface area contributed by atoms with Gasteiger partial charge in [0.05, 0.1) is 6.61 Å². The number of hydrogen-bond acceptors (Lipinski definition) is 3. The molecule has 4 heteroatoms. The summed E-state index contributed by atoms with van der Waals surface area (Å²) < 4.78 is 4.90. The van der Waals surface area contributed by atoms with Gasteiger partial charge >= 0.3 is 5.97 Å². The van der Waals surface area contributed by atoms with Crippen molar-refractivity contribution in [3.05, 3.63) is 0 Å². The third-order valence-electron chi connectivity index (χ3n) is 2.16. The normalized spacial score (nSPS) is 20.2. The van der Waals surface area contributed by atoms with E-state index in [2.05, 4.69) is 20.8 Å². The van der Waals surface area contributed by atoms with E-state index in [0.717, 1.165) is 19.6 Å². The number of nitrogens with zero attached hydrogens (tertiary/aromatic N) is 1. The van der Waals surface area contributed by atoms with Crippen LogP contribution in [-0.4, -0.2) is 41.9 Å². The molecule has 0 N–H and O–H groups in total. The van der Waals surface area contributed by atoms with Gasteiger partial charge in [0.1, 0.15) is 4.83 Å². The van der Waals surface area contributed by atoms with Crippen LogP contribution in [0.2, 0.25) is 0 Å². The Bertz CT molecular complexity index is 169.